The number of hydrogen-bond acceptors (Lipinski definition) is 4. The van der Waals surface area contributed by atoms with E-state index in [-0.39, 0.29) is 11.7 Å². The van der Waals surface area contributed by atoms with Crippen LogP contribution in [0, 0.1) is 0 Å². The standard InChI is InChI=1S/C11H15NO4/c1-8(6-15-2)16-7-10-4-3-9(5-12-10)11(13)14/h3-5,8H,6-7H2,1-2H3,(H,13,14). The first-order chi connectivity index (χ1) is 7.63. The summed E-state index contributed by atoms with van der Waals surface area (Å²) in [6.07, 6.45) is 1.31. The molecule has 0 aliphatic carbocycles. The van der Waals surface area contributed by atoms with Crippen LogP contribution in [0.2, 0.25) is 0 Å². The maximum atomic E-state index is 10.6. The van der Waals surface area contributed by atoms with Crippen molar-refractivity contribution in [1.82, 2.24) is 4.98 Å². The van der Waals surface area contributed by atoms with Crippen LogP contribution in [0.4, 0.5) is 0 Å². The Morgan fingerprint density at radius 1 is 1.56 bits per heavy atom. The van der Waals surface area contributed by atoms with E-state index in [0.717, 1.165) is 0 Å². The van der Waals surface area contributed by atoms with Crippen LogP contribution < -0.4 is 0 Å². The molecule has 5 heteroatoms. The van der Waals surface area contributed by atoms with Crippen molar-refractivity contribution < 1.29 is 19.4 Å². The minimum atomic E-state index is -0.979. The van der Waals surface area contributed by atoms with E-state index in [9.17, 15) is 4.79 Å². The third-order valence-corrected chi connectivity index (χ3v) is 1.99. The highest BCUT2D eigenvalue weighted by Gasteiger charge is 2.05. The van der Waals surface area contributed by atoms with Gasteiger partial charge in [0.15, 0.2) is 0 Å². The van der Waals surface area contributed by atoms with Crippen LogP contribution in [-0.2, 0) is 16.1 Å². The van der Waals surface area contributed by atoms with Gasteiger partial charge in [-0.05, 0) is 19.1 Å². The Morgan fingerprint density at radius 3 is 2.81 bits per heavy atom. The van der Waals surface area contributed by atoms with Gasteiger partial charge in [-0.15, -0.1) is 0 Å². The molecule has 0 aliphatic rings. The van der Waals surface area contributed by atoms with Crippen molar-refractivity contribution >= 4 is 5.97 Å². The second-order valence-corrected chi connectivity index (χ2v) is 3.42. The number of pyridine rings is 1. The summed E-state index contributed by atoms with van der Waals surface area (Å²) in [6, 6.07) is 3.15. The third kappa shape index (κ3) is 3.96. The number of carbonyl (C=O) groups is 1. The highest BCUT2D eigenvalue weighted by molar-refractivity contribution is 5.87. The van der Waals surface area contributed by atoms with Crippen molar-refractivity contribution in [3.8, 4) is 0 Å². The van der Waals surface area contributed by atoms with Gasteiger partial charge in [0.25, 0.3) is 0 Å². The summed E-state index contributed by atoms with van der Waals surface area (Å²) in [4.78, 5) is 14.6. The minimum Gasteiger partial charge on any atom is -0.478 e. The first-order valence-electron chi connectivity index (χ1n) is 4.92. The van der Waals surface area contributed by atoms with Crippen LogP contribution in [0.3, 0.4) is 0 Å². The van der Waals surface area contributed by atoms with E-state index in [1.165, 1.54) is 12.3 Å². The van der Waals surface area contributed by atoms with Gasteiger partial charge in [0, 0.05) is 13.3 Å². The number of hydrogen-bond donors (Lipinski definition) is 1. The number of methoxy groups -OCH3 is 1. The second-order valence-electron chi connectivity index (χ2n) is 3.42. The molecule has 0 spiro atoms. The lowest BCUT2D eigenvalue weighted by Crippen LogP contribution is -2.15. The molecule has 1 rings (SSSR count). The average Bonchev–Trinajstić information content (AvgIpc) is 2.27. The number of aromatic carboxylic acids is 1. The molecule has 0 saturated heterocycles. The van der Waals surface area contributed by atoms with Crippen LogP contribution >= 0.6 is 0 Å². The molecule has 1 unspecified atom stereocenters. The van der Waals surface area contributed by atoms with Crippen LogP contribution in [0.25, 0.3) is 0 Å². The molecule has 1 N–H and O–H groups in total. The van der Waals surface area contributed by atoms with Gasteiger partial charge in [0.2, 0.25) is 0 Å². The maximum absolute atomic E-state index is 10.6. The van der Waals surface area contributed by atoms with E-state index >= 15 is 0 Å². The number of carboxylic acid groups (broad SMARTS) is 1. The highest BCUT2D eigenvalue weighted by atomic mass is 16.5. The summed E-state index contributed by atoms with van der Waals surface area (Å²) in [7, 11) is 1.61. The van der Waals surface area contributed by atoms with Crippen LogP contribution in [-0.4, -0.2) is 35.9 Å². The van der Waals surface area contributed by atoms with E-state index in [1.54, 1.807) is 13.2 Å². The van der Waals surface area contributed by atoms with E-state index in [1.807, 2.05) is 6.92 Å². The van der Waals surface area contributed by atoms with Gasteiger partial charge in [-0.1, -0.05) is 0 Å². The summed E-state index contributed by atoms with van der Waals surface area (Å²) in [5.41, 5.74) is 0.877. The number of aromatic nitrogens is 1. The SMILES string of the molecule is COCC(C)OCc1ccc(C(=O)O)cn1. The molecule has 1 heterocycles. The molecule has 0 saturated carbocycles. The maximum Gasteiger partial charge on any atom is 0.337 e. The molecule has 1 atom stereocenters. The molecule has 0 bridgehead atoms. The Hall–Kier alpha value is -1.46. The van der Waals surface area contributed by atoms with E-state index in [0.29, 0.717) is 18.9 Å². The summed E-state index contributed by atoms with van der Waals surface area (Å²) in [5, 5.41) is 8.68. The summed E-state index contributed by atoms with van der Waals surface area (Å²) < 4.78 is 10.4. The lowest BCUT2D eigenvalue weighted by molar-refractivity contribution is -0.00138. The van der Waals surface area contributed by atoms with Crippen molar-refractivity contribution in [3.63, 3.8) is 0 Å². The smallest absolute Gasteiger partial charge is 0.337 e. The topological polar surface area (TPSA) is 68.7 Å². The lowest BCUT2D eigenvalue weighted by Gasteiger charge is -2.11. The fourth-order valence-corrected chi connectivity index (χ4v) is 1.15. The van der Waals surface area contributed by atoms with Crippen LogP contribution in [0.5, 0.6) is 0 Å². The zero-order valence-electron chi connectivity index (χ0n) is 9.34. The Balaban J connectivity index is 2.46. The largest absolute Gasteiger partial charge is 0.478 e. The number of rotatable bonds is 6. The van der Waals surface area contributed by atoms with Gasteiger partial charge < -0.3 is 14.6 Å². The summed E-state index contributed by atoms with van der Waals surface area (Å²) >= 11 is 0. The molecule has 5 nitrogen and oxygen atoms in total. The first-order valence-corrected chi connectivity index (χ1v) is 4.92. The molecule has 0 aliphatic heterocycles. The van der Waals surface area contributed by atoms with E-state index in [2.05, 4.69) is 4.98 Å². The van der Waals surface area contributed by atoms with Crippen LogP contribution in [0.1, 0.15) is 23.0 Å². The Bertz CT molecular complexity index is 336. The summed E-state index contributed by atoms with van der Waals surface area (Å²) in [5.74, 6) is -0.979. The Kier molecular flexibility index (Phi) is 4.88. The van der Waals surface area contributed by atoms with Gasteiger partial charge in [-0.2, -0.15) is 0 Å². The number of nitrogens with zero attached hydrogens (tertiary/aromatic N) is 1. The van der Waals surface area contributed by atoms with Crippen LogP contribution in [0.15, 0.2) is 18.3 Å². The zero-order valence-corrected chi connectivity index (χ0v) is 9.34. The molecular weight excluding hydrogens is 210 g/mol. The van der Waals surface area contributed by atoms with Crippen molar-refractivity contribution in [3.05, 3.63) is 29.6 Å². The predicted octanol–water partition coefficient (Wildman–Crippen LogP) is 1.33. The van der Waals surface area contributed by atoms with E-state index < -0.39 is 5.97 Å². The fraction of sp³-hybridized carbons (Fsp3) is 0.455. The van der Waals surface area contributed by atoms with Gasteiger partial charge in [-0.25, -0.2) is 4.79 Å². The van der Waals surface area contributed by atoms with Crippen molar-refractivity contribution in [2.24, 2.45) is 0 Å². The number of carboxylic acids is 1. The second kappa shape index (κ2) is 6.19. The van der Waals surface area contributed by atoms with Gasteiger partial charge in [-0.3, -0.25) is 4.98 Å². The first kappa shape index (κ1) is 12.6. The average molecular weight is 225 g/mol. The number of ether oxygens (including phenoxy) is 2. The van der Waals surface area contributed by atoms with Gasteiger partial charge in [0.1, 0.15) is 0 Å². The molecule has 88 valence electrons. The normalized spacial score (nSPS) is 12.4. The molecule has 0 radical (unpaired) electrons. The molecule has 1 aromatic rings. The zero-order chi connectivity index (χ0) is 12.0. The monoisotopic (exact) mass is 225 g/mol. The van der Waals surface area contributed by atoms with Crippen molar-refractivity contribution in [1.29, 1.82) is 0 Å². The van der Waals surface area contributed by atoms with Crippen molar-refractivity contribution in [2.45, 2.75) is 19.6 Å². The minimum absolute atomic E-state index is 0.00838. The van der Waals surface area contributed by atoms with Gasteiger partial charge >= 0.3 is 5.97 Å². The predicted molar refractivity (Wildman–Crippen MR) is 57.3 cm³/mol. The lowest BCUT2D eigenvalue weighted by atomic mass is 10.2. The van der Waals surface area contributed by atoms with E-state index in [4.69, 9.17) is 14.6 Å². The third-order valence-electron chi connectivity index (χ3n) is 1.99. The fourth-order valence-electron chi connectivity index (χ4n) is 1.15. The molecular formula is C11H15NO4. The summed E-state index contributed by atoms with van der Waals surface area (Å²) in [6.45, 7) is 2.77. The quantitative estimate of drug-likeness (QED) is 0.791. The molecule has 1 aromatic heterocycles. The Labute approximate surface area is 94.0 Å². The molecule has 0 fully saturated rings. The molecule has 16 heavy (non-hydrogen) atoms. The van der Waals surface area contributed by atoms with Crippen molar-refractivity contribution in [2.75, 3.05) is 13.7 Å². The van der Waals surface area contributed by atoms with Gasteiger partial charge in [0.05, 0.1) is 30.6 Å². The molecule has 0 amide bonds. The highest BCUT2D eigenvalue weighted by Crippen LogP contribution is 2.03. The molecule has 0 aromatic carbocycles. The Morgan fingerprint density at radius 2 is 2.31 bits per heavy atom.